The molecule has 0 aromatic carbocycles. The van der Waals surface area contributed by atoms with Gasteiger partial charge in [0.05, 0.1) is 18.8 Å². The minimum Gasteiger partial charge on any atom is -0.375 e. The van der Waals surface area contributed by atoms with Crippen molar-refractivity contribution >= 4 is 5.95 Å². The van der Waals surface area contributed by atoms with Crippen molar-refractivity contribution in [2.75, 3.05) is 18.1 Å². The van der Waals surface area contributed by atoms with Gasteiger partial charge in [-0.05, 0) is 32.3 Å². The van der Waals surface area contributed by atoms with Crippen LogP contribution in [0.4, 0.5) is 5.95 Å². The Balaban J connectivity index is 2.10. The topological polar surface area (TPSA) is 64.3 Å². The number of anilines is 1. The Bertz CT molecular complexity index is 393. The van der Waals surface area contributed by atoms with Crippen LogP contribution >= 0.6 is 0 Å². The highest BCUT2D eigenvalue weighted by molar-refractivity contribution is 5.33. The fourth-order valence-electron chi connectivity index (χ4n) is 2.40. The molecule has 0 radical (unpaired) electrons. The average Bonchev–Trinajstić information content (AvgIpc) is 2.39. The molecule has 3 atom stereocenters. The van der Waals surface area contributed by atoms with Crippen molar-refractivity contribution in [3.05, 3.63) is 18.0 Å². The summed E-state index contributed by atoms with van der Waals surface area (Å²) >= 11 is 0. The highest BCUT2D eigenvalue weighted by Gasteiger charge is 2.27. The summed E-state index contributed by atoms with van der Waals surface area (Å²) in [6, 6.07) is 0.511. The molecule has 0 amide bonds. The molecule has 1 aromatic rings. The third kappa shape index (κ3) is 3.64. The highest BCUT2D eigenvalue weighted by Crippen LogP contribution is 2.19. The fraction of sp³-hybridized carbons (Fsp3) is 0.714. The van der Waals surface area contributed by atoms with Crippen LogP contribution < -0.4 is 10.6 Å². The van der Waals surface area contributed by atoms with E-state index in [1.807, 2.05) is 19.3 Å². The second kappa shape index (κ2) is 6.30. The van der Waals surface area contributed by atoms with E-state index in [0.717, 1.165) is 37.5 Å². The van der Waals surface area contributed by atoms with Crippen molar-refractivity contribution in [2.45, 2.75) is 51.8 Å². The number of rotatable bonds is 4. The maximum absolute atomic E-state index is 5.78. The van der Waals surface area contributed by atoms with E-state index in [2.05, 4.69) is 28.7 Å². The van der Waals surface area contributed by atoms with Gasteiger partial charge in [-0.2, -0.15) is 0 Å². The van der Waals surface area contributed by atoms with Gasteiger partial charge in [0.2, 0.25) is 5.95 Å². The van der Waals surface area contributed by atoms with Gasteiger partial charge in [-0.15, -0.1) is 0 Å². The maximum Gasteiger partial charge on any atom is 0.225 e. The summed E-state index contributed by atoms with van der Waals surface area (Å²) in [5, 5.41) is 0. The molecule has 1 fully saturated rings. The molecular weight excluding hydrogens is 240 g/mol. The van der Waals surface area contributed by atoms with Gasteiger partial charge < -0.3 is 15.4 Å². The van der Waals surface area contributed by atoms with Crippen molar-refractivity contribution in [2.24, 2.45) is 5.73 Å². The van der Waals surface area contributed by atoms with Gasteiger partial charge >= 0.3 is 0 Å². The molecular formula is C14H24N4O. The smallest absolute Gasteiger partial charge is 0.225 e. The van der Waals surface area contributed by atoms with Crippen molar-refractivity contribution in [1.82, 2.24) is 9.97 Å². The van der Waals surface area contributed by atoms with Crippen LogP contribution in [0.3, 0.4) is 0 Å². The molecule has 0 saturated carbocycles. The Morgan fingerprint density at radius 2 is 2.16 bits per heavy atom. The standard InChI is InChI=1S/C14H24N4O/c1-4-13-9-19-11(3)8-18(13)14-16-6-12(7-17-14)5-10(2)15/h6-7,10-11,13H,4-5,8-9,15H2,1-3H3. The minimum atomic E-state index is 0.140. The Kier molecular flexibility index (Phi) is 4.71. The van der Waals surface area contributed by atoms with E-state index < -0.39 is 0 Å². The lowest BCUT2D eigenvalue weighted by molar-refractivity contribution is 0.0292. The molecule has 0 aliphatic carbocycles. The van der Waals surface area contributed by atoms with Crippen molar-refractivity contribution in [3.8, 4) is 0 Å². The minimum absolute atomic E-state index is 0.140. The number of nitrogens with two attached hydrogens (primary N) is 1. The normalized spacial score (nSPS) is 25.4. The number of morpholine rings is 1. The van der Waals surface area contributed by atoms with E-state index >= 15 is 0 Å². The molecule has 1 aliphatic heterocycles. The number of hydrogen-bond acceptors (Lipinski definition) is 5. The molecule has 1 saturated heterocycles. The highest BCUT2D eigenvalue weighted by atomic mass is 16.5. The Morgan fingerprint density at radius 1 is 1.47 bits per heavy atom. The first-order valence-corrected chi connectivity index (χ1v) is 7.05. The predicted octanol–water partition coefficient (Wildman–Crippen LogP) is 1.37. The van der Waals surface area contributed by atoms with Gasteiger partial charge in [0, 0.05) is 25.0 Å². The van der Waals surface area contributed by atoms with Crippen LogP contribution in [0.2, 0.25) is 0 Å². The van der Waals surface area contributed by atoms with Crippen LogP contribution in [0.1, 0.15) is 32.8 Å². The molecule has 2 heterocycles. The first-order chi connectivity index (χ1) is 9.10. The van der Waals surface area contributed by atoms with E-state index in [1.54, 1.807) is 0 Å². The van der Waals surface area contributed by atoms with Gasteiger partial charge in [-0.1, -0.05) is 6.92 Å². The summed E-state index contributed by atoms with van der Waals surface area (Å²) in [5.74, 6) is 0.801. The van der Waals surface area contributed by atoms with Crippen molar-refractivity contribution in [1.29, 1.82) is 0 Å². The quantitative estimate of drug-likeness (QED) is 0.890. The SMILES string of the molecule is CCC1COC(C)CN1c1ncc(CC(C)N)cn1. The Hall–Kier alpha value is -1.20. The second-order valence-electron chi connectivity index (χ2n) is 5.43. The zero-order valence-corrected chi connectivity index (χ0v) is 12.0. The Labute approximate surface area is 115 Å². The third-order valence-electron chi connectivity index (χ3n) is 3.45. The molecule has 1 aliphatic rings. The van der Waals surface area contributed by atoms with Crippen LogP contribution in [0.15, 0.2) is 12.4 Å². The maximum atomic E-state index is 5.78. The number of ether oxygens (including phenoxy) is 1. The van der Waals surface area contributed by atoms with Crippen LogP contribution in [-0.2, 0) is 11.2 Å². The largest absolute Gasteiger partial charge is 0.375 e. The summed E-state index contributed by atoms with van der Waals surface area (Å²) < 4.78 is 5.70. The van der Waals surface area contributed by atoms with E-state index in [4.69, 9.17) is 10.5 Å². The lowest BCUT2D eigenvalue weighted by Crippen LogP contribution is -2.49. The first kappa shape index (κ1) is 14.2. The lowest BCUT2D eigenvalue weighted by Gasteiger charge is -2.38. The molecule has 0 bridgehead atoms. The number of nitrogens with zero attached hydrogens (tertiary/aromatic N) is 3. The van der Waals surface area contributed by atoms with E-state index in [1.165, 1.54) is 0 Å². The number of aromatic nitrogens is 2. The first-order valence-electron chi connectivity index (χ1n) is 7.05. The van der Waals surface area contributed by atoms with Crippen LogP contribution in [0.5, 0.6) is 0 Å². The Morgan fingerprint density at radius 3 is 2.74 bits per heavy atom. The predicted molar refractivity (Wildman–Crippen MR) is 76.2 cm³/mol. The lowest BCUT2D eigenvalue weighted by atomic mass is 10.1. The second-order valence-corrected chi connectivity index (χ2v) is 5.43. The van der Waals surface area contributed by atoms with E-state index in [0.29, 0.717) is 6.04 Å². The van der Waals surface area contributed by atoms with Gasteiger partial charge in [-0.3, -0.25) is 0 Å². The molecule has 2 N–H and O–H groups in total. The molecule has 5 nitrogen and oxygen atoms in total. The molecule has 1 aromatic heterocycles. The summed E-state index contributed by atoms with van der Waals surface area (Å²) in [6.45, 7) is 7.85. The van der Waals surface area contributed by atoms with Gasteiger partial charge in [0.15, 0.2) is 0 Å². The van der Waals surface area contributed by atoms with Crippen LogP contribution in [0, 0.1) is 0 Å². The molecule has 0 spiro atoms. The van der Waals surface area contributed by atoms with E-state index in [-0.39, 0.29) is 12.1 Å². The monoisotopic (exact) mass is 264 g/mol. The summed E-state index contributed by atoms with van der Waals surface area (Å²) in [7, 11) is 0. The van der Waals surface area contributed by atoms with Gasteiger partial charge in [0.25, 0.3) is 0 Å². The average molecular weight is 264 g/mol. The molecule has 19 heavy (non-hydrogen) atoms. The molecule has 5 heteroatoms. The fourth-order valence-corrected chi connectivity index (χ4v) is 2.40. The third-order valence-corrected chi connectivity index (χ3v) is 3.45. The summed E-state index contributed by atoms with van der Waals surface area (Å²) in [6.07, 6.45) is 5.86. The van der Waals surface area contributed by atoms with Gasteiger partial charge in [-0.25, -0.2) is 9.97 Å². The zero-order valence-electron chi connectivity index (χ0n) is 12.0. The zero-order chi connectivity index (χ0) is 13.8. The summed E-state index contributed by atoms with van der Waals surface area (Å²) in [5.41, 5.74) is 6.88. The molecule has 2 rings (SSSR count). The van der Waals surface area contributed by atoms with Crippen molar-refractivity contribution < 1.29 is 4.74 Å². The molecule has 106 valence electrons. The van der Waals surface area contributed by atoms with Crippen LogP contribution in [-0.4, -0.2) is 41.3 Å². The van der Waals surface area contributed by atoms with Crippen LogP contribution in [0.25, 0.3) is 0 Å². The van der Waals surface area contributed by atoms with Crippen molar-refractivity contribution in [3.63, 3.8) is 0 Å². The summed E-state index contributed by atoms with van der Waals surface area (Å²) in [4.78, 5) is 11.2. The van der Waals surface area contributed by atoms with Gasteiger partial charge in [0.1, 0.15) is 0 Å². The number of hydrogen-bond donors (Lipinski definition) is 1. The molecule has 3 unspecified atom stereocenters. The van der Waals surface area contributed by atoms with E-state index in [9.17, 15) is 0 Å².